The summed E-state index contributed by atoms with van der Waals surface area (Å²) in [5.74, 6) is 0.246. The number of nitrogens with one attached hydrogen (secondary N) is 1. The first-order chi connectivity index (χ1) is 18.4. The fourth-order valence-corrected chi connectivity index (χ4v) is 6.13. The third kappa shape index (κ3) is 6.77. The highest BCUT2D eigenvalue weighted by Crippen LogP contribution is 2.29. The Bertz CT molecular complexity index is 1400. The molecule has 5 rings (SSSR count). The van der Waals surface area contributed by atoms with Crippen LogP contribution in [0.1, 0.15) is 10.4 Å². The molecule has 3 aromatic carbocycles. The number of benzene rings is 3. The molecule has 1 aliphatic heterocycles. The van der Waals surface area contributed by atoms with Crippen molar-refractivity contribution in [3.8, 4) is 11.3 Å². The van der Waals surface area contributed by atoms with Gasteiger partial charge in [0.15, 0.2) is 4.34 Å². The molecular weight excluding hydrogens is 604 g/mol. The molecule has 0 spiro atoms. The van der Waals surface area contributed by atoms with Gasteiger partial charge in [-0.3, -0.25) is 9.59 Å². The van der Waals surface area contributed by atoms with Crippen molar-refractivity contribution in [1.29, 1.82) is 0 Å². The SMILES string of the molecule is O=C(CSc1nc(-c2ccc(Br)cc2)cs1)Nc1ccc(N2CCN(C(=O)c3ccc(Cl)cc3)CC2)cc1. The van der Waals surface area contributed by atoms with E-state index in [0.29, 0.717) is 29.4 Å². The van der Waals surface area contributed by atoms with Crippen molar-refractivity contribution in [2.45, 2.75) is 4.34 Å². The molecule has 0 saturated carbocycles. The minimum atomic E-state index is -0.0718. The van der Waals surface area contributed by atoms with Crippen molar-refractivity contribution in [2.24, 2.45) is 0 Å². The second-order valence-electron chi connectivity index (χ2n) is 8.68. The summed E-state index contributed by atoms with van der Waals surface area (Å²) in [5, 5.41) is 5.59. The second kappa shape index (κ2) is 12.3. The van der Waals surface area contributed by atoms with Crippen LogP contribution >= 0.6 is 50.6 Å². The normalized spacial score (nSPS) is 13.4. The lowest BCUT2D eigenvalue weighted by Crippen LogP contribution is -2.48. The molecule has 4 aromatic rings. The van der Waals surface area contributed by atoms with Gasteiger partial charge in [0.05, 0.1) is 11.4 Å². The quantitative estimate of drug-likeness (QED) is 0.226. The number of aromatic nitrogens is 1. The fraction of sp³-hybridized carbons (Fsp3) is 0.179. The van der Waals surface area contributed by atoms with Crippen LogP contribution in [0.25, 0.3) is 11.3 Å². The Kier molecular flexibility index (Phi) is 8.68. The zero-order valence-corrected chi connectivity index (χ0v) is 24.2. The standard InChI is InChI=1S/C28H24BrClN4O2S2/c29-21-5-1-19(2-6-21)25-17-37-28(32-25)38-18-26(35)31-23-9-11-24(12-10-23)33-13-15-34(16-14-33)27(36)20-3-7-22(30)8-4-20/h1-12,17H,13-16,18H2,(H,31,35). The number of carbonyl (C=O) groups is 2. The minimum absolute atomic E-state index is 0.0273. The molecule has 38 heavy (non-hydrogen) atoms. The van der Waals surface area contributed by atoms with Gasteiger partial charge in [-0.2, -0.15) is 0 Å². The van der Waals surface area contributed by atoms with Crippen LogP contribution in [-0.2, 0) is 4.79 Å². The summed E-state index contributed by atoms with van der Waals surface area (Å²) < 4.78 is 1.89. The molecule has 1 N–H and O–H groups in total. The fourth-order valence-electron chi connectivity index (χ4n) is 4.10. The van der Waals surface area contributed by atoms with E-state index in [2.05, 4.69) is 31.1 Å². The highest BCUT2D eigenvalue weighted by Gasteiger charge is 2.22. The van der Waals surface area contributed by atoms with E-state index < -0.39 is 0 Å². The summed E-state index contributed by atoms with van der Waals surface area (Å²) in [7, 11) is 0. The third-order valence-electron chi connectivity index (χ3n) is 6.12. The lowest BCUT2D eigenvalue weighted by atomic mass is 10.1. The summed E-state index contributed by atoms with van der Waals surface area (Å²) in [5.41, 5.74) is 4.44. The highest BCUT2D eigenvalue weighted by molar-refractivity contribution is 9.10. The van der Waals surface area contributed by atoms with Gasteiger partial charge in [-0.25, -0.2) is 4.98 Å². The first-order valence-electron chi connectivity index (χ1n) is 12.0. The van der Waals surface area contributed by atoms with Gasteiger partial charge in [0.1, 0.15) is 0 Å². The maximum atomic E-state index is 12.7. The number of nitrogens with zero attached hydrogens (tertiary/aromatic N) is 3. The lowest BCUT2D eigenvalue weighted by molar-refractivity contribution is -0.113. The van der Waals surface area contributed by atoms with Gasteiger partial charge < -0.3 is 15.1 Å². The lowest BCUT2D eigenvalue weighted by Gasteiger charge is -2.36. The van der Waals surface area contributed by atoms with Crippen LogP contribution in [0.3, 0.4) is 0 Å². The van der Waals surface area contributed by atoms with Gasteiger partial charge >= 0.3 is 0 Å². The molecule has 1 fully saturated rings. The van der Waals surface area contributed by atoms with Crippen molar-refractivity contribution < 1.29 is 9.59 Å². The van der Waals surface area contributed by atoms with Crippen molar-refractivity contribution in [3.63, 3.8) is 0 Å². The molecule has 10 heteroatoms. The van der Waals surface area contributed by atoms with E-state index in [0.717, 1.165) is 44.5 Å². The Morgan fingerprint density at radius 1 is 0.947 bits per heavy atom. The van der Waals surface area contributed by atoms with Crippen LogP contribution in [0, 0.1) is 0 Å². The Balaban J connectivity index is 1.08. The highest BCUT2D eigenvalue weighted by atomic mass is 79.9. The number of halogens is 2. The number of hydrogen-bond acceptors (Lipinski definition) is 6. The van der Waals surface area contributed by atoms with Gasteiger partial charge in [0.25, 0.3) is 5.91 Å². The molecule has 2 amide bonds. The number of piperazine rings is 1. The summed E-state index contributed by atoms with van der Waals surface area (Å²) in [6.45, 7) is 2.80. The molecule has 1 aliphatic rings. The molecule has 0 unspecified atom stereocenters. The topological polar surface area (TPSA) is 65.5 Å². The Morgan fingerprint density at radius 3 is 2.32 bits per heavy atom. The molecule has 1 saturated heterocycles. The van der Waals surface area contributed by atoms with E-state index in [4.69, 9.17) is 11.6 Å². The van der Waals surface area contributed by atoms with Crippen LogP contribution in [0.4, 0.5) is 11.4 Å². The van der Waals surface area contributed by atoms with Crippen molar-refractivity contribution in [3.05, 3.63) is 93.2 Å². The van der Waals surface area contributed by atoms with E-state index in [-0.39, 0.29) is 11.8 Å². The third-order valence-corrected chi connectivity index (χ3v) is 8.93. The average Bonchev–Trinajstić information content (AvgIpc) is 3.42. The van der Waals surface area contributed by atoms with Crippen molar-refractivity contribution in [2.75, 3.05) is 42.1 Å². The van der Waals surface area contributed by atoms with Crippen LogP contribution in [0.5, 0.6) is 0 Å². The predicted molar refractivity (Wildman–Crippen MR) is 161 cm³/mol. The predicted octanol–water partition coefficient (Wildman–Crippen LogP) is 6.92. The molecule has 0 bridgehead atoms. The molecule has 194 valence electrons. The molecule has 1 aromatic heterocycles. The largest absolute Gasteiger partial charge is 0.368 e. The first-order valence-corrected chi connectivity index (χ1v) is 15.0. The van der Waals surface area contributed by atoms with E-state index in [1.54, 1.807) is 35.6 Å². The maximum Gasteiger partial charge on any atom is 0.253 e. The van der Waals surface area contributed by atoms with Crippen molar-refractivity contribution in [1.82, 2.24) is 9.88 Å². The van der Waals surface area contributed by atoms with Gasteiger partial charge in [0, 0.05) is 63.6 Å². The molecule has 0 radical (unpaired) electrons. The van der Waals surface area contributed by atoms with E-state index >= 15 is 0 Å². The molecule has 0 aliphatic carbocycles. The monoisotopic (exact) mass is 626 g/mol. The van der Waals surface area contributed by atoms with E-state index in [1.165, 1.54) is 11.8 Å². The van der Waals surface area contributed by atoms with Gasteiger partial charge in [0.2, 0.25) is 5.91 Å². The number of anilines is 2. The smallest absolute Gasteiger partial charge is 0.253 e. The van der Waals surface area contributed by atoms with Crippen LogP contribution in [-0.4, -0.2) is 53.6 Å². The number of carbonyl (C=O) groups excluding carboxylic acids is 2. The zero-order valence-electron chi connectivity index (χ0n) is 20.3. The van der Waals surface area contributed by atoms with Gasteiger partial charge in [-0.1, -0.05) is 51.4 Å². The Morgan fingerprint density at radius 2 is 1.63 bits per heavy atom. The number of thiazole rings is 1. The summed E-state index contributed by atoms with van der Waals surface area (Å²) in [6, 6.07) is 22.9. The summed E-state index contributed by atoms with van der Waals surface area (Å²) in [4.78, 5) is 34.0. The van der Waals surface area contributed by atoms with E-state index in [1.807, 2.05) is 58.8 Å². The average molecular weight is 628 g/mol. The van der Waals surface area contributed by atoms with Gasteiger partial charge in [-0.15, -0.1) is 11.3 Å². The summed E-state index contributed by atoms with van der Waals surface area (Å²) in [6.07, 6.45) is 0. The Labute approximate surface area is 243 Å². The maximum absolute atomic E-state index is 12.7. The second-order valence-corrected chi connectivity index (χ2v) is 12.1. The number of hydrogen-bond donors (Lipinski definition) is 1. The molecule has 0 atom stereocenters. The number of rotatable bonds is 7. The number of amides is 2. The molecule has 6 nitrogen and oxygen atoms in total. The molecule has 2 heterocycles. The van der Waals surface area contributed by atoms with Crippen LogP contribution in [0.2, 0.25) is 5.02 Å². The van der Waals surface area contributed by atoms with Crippen LogP contribution in [0.15, 0.2) is 87.0 Å². The minimum Gasteiger partial charge on any atom is -0.368 e. The zero-order chi connectivity index (χ0) is 26.5. The number of thioether (sulfide) groups is 1. The Hall–Kier alpha value is -2.85. The molecular formula is C28H24BrClN4O2S2. The van der Waals surface area contributed by atoms with Crippen LogP contribution < -0.4 is 10.2 Å². The van der Waals surface area contributed by atoms with Gasteiger partial charge in [-0.05, 0) is 60.7 Å². The summed E-state index contributed by atoms with van der Waals surface area (Å²) >= 11 is 12.4. The van der Waals surface area contributed by atoms with E-state index in [9.17, 15) is 9.59 Å². The van der Waals surface area contributed by atoms with Crippen molar-refractivity contribution >= 4 is 73.8 Å². The first kappa shape index (κ1) is 26.7.